The molecule has 0 spiro atoms. The molecule has 4 N–H and O–H groups in total. The Labute approximate surface area is 165 Å². The number of carbonyl (C=O) groups is 4. The minimum Gasteiger partial charge on any atom is -0.480 e. The Morgan fingerprint density at radius 1 is 0.750 bits per heavy atom. The maximum atomic E-state index is 12.4. The van der Waals surface area contributed by atoms with Crippen LogP contribution < -0.4 is 10.6 Å². The number of carboxylic acid groups (broad SMARTS) is 2. The summed E-state index contributed by atoms with van der Waals surface area (Å²) in [4.78, 5) is 50.4. The van der Waals surface area contributed by atoms with Gasteiger partial charge < -0.3 is 30.6 Å². The minimum absolute atomic E-state index is 0.206. The zero-order valence-corrected chi connectivity index (χ0v) is 17.0. The van der Waals surface area contributed by atoms with Gasteiger partial charge >= 0.3 is 24.0 Å². The van der Waals surface area contributed by atoms with E-state index in [4.69, 9.17) is 0 Å². The van der Waals surface area contributed by atoms with Crippen LogP contribution in [0.25, 0.3) is 0 Å². The maximum absolute atomic E-state index is 12.4. The monoisotopic (exact) mass is 400 g/mol. The van der Waals surface area contributed by atoms with Crippen LogP contribution in [0.2, 0.25) is 0 Å². The van der Waals surface area contributed by atoms with Gasteiger partial charge in [-0.2, -0.15) is 0 Å². The predicted molar refractivity (Wildman–Crippen MR) is 102 cm³/mol. The highest BCUT2D eigenvalue weighted by atomic mass is 16.4. The molecule has 0 saturated carbocycles. The van der Waals surface area contributed by atoms with E-state index in [-0.39, 0.29) is 38.0 Å². The number of carboxylic acids is 2. The van der Waals surface area contributed by atoms with E-state index >= 15 is 0 Å². The first-order chi connectivity index (χ1) is 13.1. The highest BCUT2D eigenvalue weighted by molar-refractivity contribution is 5.84. The fraction of sp³-hybridized carbons (Fsp3) is 0.778. The number of aliphatic carboxylic acids is 2. The normalized spacial score (nSPS) is 18.6. The summed E-state index contributed by atoms with van der Waals surface area (Å²) >= 11 is 0. The van der Waals surface area contributed by atoms with Gasteiger partial charge in [0.2, 0.25) is 0 Å². The molecule has 0 radical (unpaired) electrons. The zero-order chi connectivity index (χ0) is 21.4. The van der Waals surface area contributed by atoms with Crippen molar-refractivity contribution in [3.8, 4) is 0 Å². The molecule has 4 amide bonds. The number of hydrogen-bond acceptors (Lipinski definition) is 4. The molecule has 0 aromatic carbocycles. The van der Waals surface area contributed by atoms with E-state index in [2.05, 4.69) is 10.6 Å². The summed E-state index contributed by atoms with van der Waals surface area (Å²) in [6.45, 7) is 8.21. The van der Waals surface area contributed by atoms with Crippen molar-refractivity contribution in [2.24, 2.45) is 11.8 Å². The molecule has 0 unspecified atom stereocenters. The van der Waals surface area contributed by atoms with E-state index in [1.807, 2.05) is 13.8 Å². The summed E-state index contributed by atoms with van der Waals surface area (Å²) in [5.74, 6) is -2.57. The number of hydrogen-bond donors (Lipinski definition) is 4. The van der Waals surface area contributed by atoms with Crippen LogP contribution in [0, 0.1) is 11.8 Å². The number of piperazine rings is 1. The lowest BCUT2D eigenvalue weighted by Crippen LogP contribution is -2.59. The second-order valence-corrected chi connectivity index (χ2v) is 7.28. The van der Waals surface area contributed by atoms with Crippen molar-refractivity contribution in [3.05, 3.63) is 0 Å². The fourth-order valence-corrected chi connectivity index (χ4v) is 2.93. The van der Waals surface area contributed by atoms with Gasteiger partial charge in [0, 0.05) is 26.2 Å². The standard InChI is InChI=1S/C18H32N4O6/c1-5-11(3)13(15(23)24)19-17(27)21-7-9-22(10-8-21)18(28)20-14(16(25)26)12(4)6-2/h11-14H,5-10H2,1-4H3,(H,19,27)(H,20,28)(H,23,24)(H,25,26)/t11-,12-,13+,14+/m1/s1. The van der Waals surface area contributed by atoms with Gasteiger partial charge in [0.15, 0.2) is 0 Å². The summed E-state index contributed by atoms with van der Waals surface area (Å²) in [6, 6.07) is -2.89. The average Bonchev–Trinajstić information content (AvgIpc) is 2.68. The van der Waals surface area contributed by atoms with Crippen LogP contribution in [0.4, 0.5) is 9.59 Å². The number of nitrogens with zero attached hydrogens (tertiary/aromatic N) is 2. The maximum Gasteiger partial charge on any atom is 0.326 e. The Hall–Kier alpha value is -2.52. The molecular formula is C18H32N4O6. The summed E-state index contributed by atoms with van der Waals surface area (Å²) < 4.78 is 0. The molecule has 0 aromatic rings. The van der Waals surface area contributed by atoms with Gasteiger partial charge in [-0.25, -0.2) is 19.2 Å². The highest BCUT2D eigenvalue weighted by Crippen LogP contribution is 2.11. The minimum atomic E-state index is -1.08. The molecular weight excluding hydrogens is 368 g/mol. The number of rotatable bonds is 8. The topological polar surface area (TPSA) is 139 Å². The van der Waals surface area contributed by atoms with Crippen LogP contribution in [0.1, 0.15) is 40.5 Å². The number of nitrogens with one attached hydrogen (secondary N) is 2. The van der Waals surface area contributed by atoms with Gasteiger partial charge in [0.05, 0.1) is 0 Å². The third kappa shape index (κ3) is 6.28. The van der Waals surface area contributed by atoms with Gasteiger partial charge in [-0.3, -0.25) is 0 Å². The lowest BCUT2D eigenvalue weighted by atomic mass is 9.99. The van der Waals surface area contributed by atoms with E-state index in [1.54, 1.807) is 13.8 Å². The molecule has 1 saturated heterocycles. The lowest BCUT2D eigenvalue weighted by molar-refractivity contribution is -0.141. The largest absolute Gasteiger partial charge is 0.480 e. The van der Waals surface area contributed by atoms with E-state index in [0.29, 0.717) is 12.8 Å². The van der Waals surface area contributed by atoms with Crippen molar-refractivity contribution >= 4 is 24.0 Å². The van der Waals surface area contributed by atoms with Crippen molar-refractivity contribution in [2.45, 2.75) is 52.6 Å². The second kappa shape index (κ2) is 10.7. The molecule has 1 aliphatic rings. The van der Waals surface area contributed by atoms with Crippen LogP contribution in [0.5, 0.6) is 0 Å². The van der Waals surface area contributed by atoms with Crippen LogP contribution in [-0.2, 0) is 9.59 Å². The predicted octanol–water partition coefficient (Wildman–Crippen LogP) is 1.02. The Morgan fingerprint density at radius 2 is 1.04 bits per heavy atom. The van der Waals surface area contributed by atoms with Crippen molar-refractivity contribution in [3.63, 3.8) is 0 Å². The van der Waals surface area contributed by atoms with Crippen molar-refractivity contribution in [2.75, 3.05) is 26.2 Å². The Kier molecular flexibility index (Phi) is 9.01. The molecule has 10 nitrogen and oxygen atoms in total. The molecule has 1 aliphatic heterocycles. The molecule has 4 atom stereocenters. The number of amides is 4. The van der Waals surface area contributed by atoms with Gasteiger partial charge in [-0.15, -0.1) is 0 Å². The first-order valence-electron chi connectivity index (χ1n) is 9.68. The van der Waals surface area contributed by atoms with Gasteiger partial charge in [-0.1, -0.05) is 40.5 Å². The molecule has 1 fully saturated rings. The summed E-state index contributed by atoms with van der Waals surface area (Å²) in [7, 11) is 0. The number of urea groups is 2. The summed E-state index contributed by atoms with van der Waals surface area (Å²) in [5.41, 5.74) is 0. The number of carbonyl (C=O) groups excluding carboxylic acids is 2. The molecule has 1 rings (SSSR count). The van der Waals surface area contributed by atoms with Crippen molar-refractivity contribution in [1.29, 1.82) is 0 Å². The lowest BCUT2D eigenvalue weighted by Gasteiger charge is -2.36. The van der Waals surface area contributed by atoms with E-state index in [1.165, 1.54) is 9.80 Å². The van der Waals surface area contributed by atoms with Crippen LogP contribution >= 0.6 is 0 Å². The highest BCUT2D eigenvalue weighted by Gasteiger charge is 2.32. The fourth-order valence-electron chi connectivity index (χ4n) is 2.93. The molecule has 0 aliphatic carbocycles. The average molecular weight is 400 g/mol. The Morgan fingerprint density at radius 3 is 1.25 bits per heavy atom. The smallest absolute Gasteiger partial charge is 0.326 e. The quantitative estimate of drug-likeness (QED) is 0.480. The molecule has 10 heteroatoms. The Bertz CT molecular complexity index is 526. The zero-order valence-electron chi connectivity index (χ0n) is 17.0. The van der Waals surface area contributed by atoms with Gasteiger partial charge in [-0.05, 0) is 11.8 Å². The van der Waals surface area contributed by atoms with E-state index in [9.17, 15) is 29.4 Å². The molecule has 1 heterocycles. The van der Waals surface area contributed by atoms with Crippen molar-refractivity contribution in [1.82, 2.24) is 20.4 Å². The van der Waals surface area contributed by atoms with Gasteiger partial charge in [0.25, 0.3) is 0 Å². The molecule has 0 aromatic heterocycles. The third-order valence-corrected chi connectivity index (χ3v) is 5.37. The SMILES string of the molecule is CC[C@@H](C)[C@H](NC(=O)N1CCN(C(=O)N[C@H](C(=O)O)[C@H](C)CC)CC1)C(=O)O. The van der Waals surface area contributed by atoms with E-state index in [0.717, 1.165) is 0 Å². The van der Waals surface area contributed by atoms with Crippen LogP contribution in [0.15, 0.2) is 0 Å². The van der Waals surface area contributed by atoms with Crippen LogP contribution in [-0.4, -0.2) is 82.3 Å². The van der Waals surface area contributed by atoms with E-state index < -0.39 is 36.1 Å². The third-order valence-electron chi connectivity index (χ3n) is 5.37. The van der Waals surface area contributed by atoms with Crippen molar-refractivity contribution < 1.29 is 29.4 Å². The summed E-state index contributed by atoms with van der Waals surface area (Å²) in [5, 5.41) is 23.7. The van der Waals surface area contributed by atoms with Crippen LogP contribution in [0.3, 0.4) is 0 Å². The first kappa shape index (κ1) is 23.5. The van der Waals surface area contributed by atoms with Gasteiger partial charge in [0.1, 0.15) is 12.1 Å². The molecule has 0 bridgehead atoms. The first-order valence-corrected chi connectivity index (χ1v) is 9.68. The summed E-state index contributed by atoms with van der Waals surface area (Å²) in [6.07, 6.45) is 1.23. The molecule has 160 valence electrons. The molecule has 28 heavy (non-hydrogen) atoms. The Balaban J connectivity index is 2.59. The second-order valence-electron chi connectivity index (χ2n) is 7.28.